The molecule has 94 valence electrons. The second-order valence-corrected chi connectivity index (χ2v) is 6.37. The van der Waals surface area contributed by atoms with Crippen LogP contribution in [0, 0.1) is 11.8 Å². The van der Waals surface area contributed by atoms with Crippen molar-refractivity contribution >= 4 is 11.8 Å². The topological polar surface area (TPSA) is 12.0 Å². The van der Waals surface area contributed by atoms with Crippen LogP contribution in [0.3, 0.4) is 0 Å². The second-order valence-electron chi connectivity index (χ2n) is 5.39. The third kappa shape index (κ3) is 5.40. The van der Waals surface area contributed by atoms with Crippen LogP contribution in [0.1, 0.15) is 40.0 Å². The average Bonchev–Trinajstić information content (AvgIpc) is 2.22. The van der Waals surface area contributed by atoms with Gasteiger partial charge in [-0.3, -0.25) is 0 Å². The summed E-state index contributed by atoms with van der Waals surface area (Å²) >= 11 is 1.94. The fraction of sp³-hybridized carbons (Fsp3) is 0.857. The van der Waals surface area contributed by atoms with Gasteiger partial charge in [0.05, 0.1) is 0 Å². The minimum Gasteiger partial charge on any atom is -0.314 e. The monoisotopic (exact) mass is 241 g/mol. The summed E-state index contributed by atoms with van der Waals surface area (Å²) in [7, 11) is 0. The highest BCUT2D eigenvalue weighted by atomic mass is 32.2. The van der Waals surface area contributed by atoms with Crippen molar-refractivity contribution in [2.45, 2.75) is 46.1 Å². The predicted molar refractivity (Wildman–Crippen MR) is 76.1 cm³/mol. The molecule has 16 heavy (non-hydrogen) atoms. The first-order valence-corrected chi connectivity index (χ1v) is 7.90. The lowest BCUT2D eigenvalue weighted by Crippen LogP contribution is -2.33. The highest BCUT2D eigenvalue weighted by Gasteiger charge is 2.18. The van der Waals surface area contributed by atoms with E-state index in [0.29, 0.717) is 6.04 Å². The highest BCUT2D eigenvalue weighted by Crippen LogP contribution is 2.27. The van der Waals surface area contributed by atoms with E-state index in [0.717, 1.165) is 11.8 Å². The molecule has 3 unspecified atom stereocenters. The van der Waals surface area contributed by atoms with E-state index in [1.807, 2.05) is 11.8 Å². The van der Waals surface area contributed by atoms with Crippen molar-refractivity contribution in [2.75, 3.05) is 18.6 Å². The number of nitrogens with one attached hydrogen (secondary N) is 1. The summed E-state index contributed by atoms with van der Waals surface area (Å²) < 4.78 is 0. The van der Waals surface area contributed by atoms with Crippen LogP contribution >= 0.6 is 11.8 Å². The molecule has 0 spiro atoms. The van der Waals surface area contributed by atoms with Gasteiger partial charge in [0, 0.05) is 6.04 Å². The van der Waals surface area contributed by atoms with Crippen LogP contribution in [0.5, 0.6) is 0 Å². The summed E-state index contributed by atoms with van der Waals surface area (Å²) in [5.74, 6) is 2.91. The Morgan fingerprint density at radius 1 is 1.56 bits per heavy atom. The Balaban J connectivity index is 2.20. The van der Waals surface area contributed by atoms with E-state index < -0.39 is 0 Å². The second kappa shape index (κ2) is 7.39. The normalized spacial score (nSPS) is 27.6. The molecule has 0 aromatic heterocycles. The Morgan fingerprint density at radius 2 is 2.31 bits per heavy atom. The molecule has 1 aliphatic carbocycles. The van der Waals surface area contributed by atoms with Gasteiger partial charge < -0.3 is 5.32 Å². The van der Waals surface area contributed by atoms with Gasteiger partial charge in [-0.05, 0) is 63.5 Å². The van der Waals surface area contributed by atoms with Crippen LogP contribution in [-0.4, -0.2) is 24.6 Å². The van der Waals surface area contributed by atoms with Crippen LogP contribution < -0.4 is 5.32 Å². The summed E-state index contributed by atoms with van der Waals surface area (Å²) in [6.45, 7) is 8.13. The molecule has 1 rings (SSSR count). The predicted octanol–water partition coefficient (Wildman–Crippen LogP) is 3.71. The molecule has 2 heteroatoms. The van der Waals surface area contributed by atoms with Gasteiger partial charge in [0.25, 0.3) is 0 Å². The van der Waals surface area contributed by atoms with Gasteiger partial charge >= 0.3 is 0 Å². The van der Waals surface area contributed by atoms with Crippen LogP contribution in [0.15, 0.2) is 11.6 Å². The zero-order valence-electron chi connectivity index (χ0n) is 11.3. The van der Waals surface area contributed by atoms with Crippen LogP contribution in [0.2, 0.25) is 0 Å². The van der Waals surface area contributed by atoms with Crippen molar-refractivity contribution in [3.63, 3.8) is 0 Å². The third-order valence-corrected chi connectivity index (χ3v) is 4.04. The smallest absolute Gasteiger partial charge is 0.00466 e. The first-order chi connectivity index (χ1) is 7.61. The Hall–Kier alpha value is 0.0500. The first-order valence-electron chi connectivity index (χ1n) is 6.51. The number of rotatable bonds is 6. The standard InChI is InChI=1S/C14H27NS/c1-11-7-12(2)9-14(8-11)10-15-13(3)5-6-16-4/h7,11,13-15H,5-6,8-10H2,1-4H3. The van der Waals surface area contributed by atoms with Crippen LogP contribution in [0.25, 0.3) is 0 Å². The third-order valence-electron chi connectivity index (χ3n) is 3.39. The fourth-order valence-electron chi connectivity index (χ4n) is 2.61. The van der Waals surface area contributed by atoms with E-state index in [4.69, 9.17) is 0 Å². The van der Waals surface area contributed by atoms with Crippen molar-refractivity contribution in [1.82, 2.24) is 5.32 Å². The molecule has 0 aromatic carbocycles. The van der Waals surface area contributed by atoms with Crippen LogP contribution in [0.4, 0.5) is 0 Å². The SMILES string of the molecule is CSCCC(C)NCC1CC(C)=CC(C)C1. The fourth-order valence-corrected chi connectivity index (χ4v) is 3.20. The Morgan fingerprint density at radius 3 is 2.94 bits per heavy atom. The molecule has 0 heterocycles. The van der Waals surface area contributed by atoms with E-state index in [-0.39, 0.29) is 0 Å². The summed E-state index contributed by atoms with van der Waals surface area (Å²) in [5, 5.41) is 3.69. The lowest BCUT2D eigenvalue weighted by molar-refractivity contribution is 0.363. The number of allylic oxidation sites excluding steroid dienone is 2. The summed E-state index contributed by atoms with van der Waals surface area (Å²) in [5.41, 5.74) is 1.59. The number of hydrogen-bond donors (Lipinski definition) is 1. The van der Waals surface area contributed by atoms with Gasteiger partial charge in [0.15, 0.2) is 0 Å². The zero-order chi connectivity index (χ0) is 12.0. The lowest BCUT2D eigenvalue weighted by atomic mass is 9.83. The summed E-state index contributed by atoms with van der Waals surface area (Å²) in [6.07, 6.45) is 8.57. The largest absolute Gasteiger partial charge is 0.314 e. The maximum atomic E-state index is 3.69. The number of thioether (sulfide) groups is 1. The summed E-state index contributed by atoms with van der Waals surface area (Å²) in [6, 6.07) is 0.675. The zero-order valence-corrected chi connectivity index (χ0v) is 12.1. The van der Waals surface area contributed by atoms with Gasteiger partial charge in [0.2, 0.25) is 0 Å². The van der Waals surface area contributed by atoms with Gasteiger partial charge in [-0.15, -0.1) is 0 Å². The molecule has 1 aliphatic rings. The van der Waals surface area contributed by atoms with Gasteiger partial charge in [0.1, 0.15) is 0 Å². The highest BCUT2D eigenvalue weighted by molar-refractivity contribution is 7.98. The lowest BCUT2D eigenvalue weighted by Gasteiger charge is -2.27. The minimum absolute atomic E-state index is 0.675. The van der Waals surface area contributed by atoms with E-state index >= 15 is 0 Å². The Kier molecular flexibility index (Phi) is 6.52. The molecule has 0 aliphatic heterocycles. The maximum Gasteiger partial charge on any atom is 0.00466 e. The molecular weight excluding hydrogens is 214 g/mol. The number of hydrogen-bond acceptors (Lipinski definition) is 2. The van der Waals surface area contributed by atoms with E-state index in [9.17, 15) is 0 Å². The maximum absolute atomic E-state index is 3.69. The molecule has 0 radical (unpaired) electrons. The van der Waals surface area contributed by atoms with Gasteiger partial charge in [-0.2, -0.15) is 11.8 Å². The van der Waals surface area contributed by atoms with Crippen molar-refractivity contribution < 1.29 is 0 Å². The Labute approximate surface area is 105 Å². The molecule has 1 nitrogen and oxygen atoms in total. The van der Waals surface area contributed by atoms with E-state index in [1.165, 1.54) is 31.6 Å². The van der Waals surface area contributed by atoms with Crippen molar-refractivity contribution in [3.8, 4) is 0 Å². The van der Waals surface area contributed by atoms with Crippen LogP contribution in [-0.2, 0) is 0 Å². The molecule has 3 atom stereocenters. The molecule has 1 N–H and O–H groups in total. The average molecular weight is 241 g/mol. The van der Waals surface area contributed by atoms with Gasteiger partial charge in [-0.25, -0.2) is 0 Å². The van der Waals surface area contributed by atoms with E-state index in [2.05, 4.69) is 38.4 Å². The molecule has 0 amide bonds. The quantitative estimate of drug-likeness (QED) is 0.712. The Bertz CT molecular complexity index is 225. The van der Waals surface area contributed by atoms with Crippen molar-refractivity contribution in [2.24, 2.45) is 11.8 Å². The summed E-state index contributed by atoms with van der Waals surface area (Å²) in [4.78, 5) is 0. The minimum atomic E-state index is 0.675. The first kappa shape index (κ1) is 14.1. The molecule has 0 saturated carbocycles. The molecule has 0 aromatic rings. The molecule has 0 bridgehead atoms. The molecular formula is C14H27NS. The van der Waals surface area contributed by atoms with Crippen molar-refractivity contribution in [3.05, 3.63) is 11.6 Å². The van der Waals surface area contributed by atoms with Crippen molar-refractivity contribution in [1.29, 1.82) is 0 Å². The van der Waals surface area contributed by atoms with E-state index in [1.54, 1.807) is 5.57 Å². The molecule has 0 fully saturated rings. The molecule has 0 saturated heterocycles. The van der Waals surface area contributed by atoms with Gasteiger partial charge in [-0.1, -0.05) is 18.6 Å².